The molecule has 0 fully saturated rings. The van der Waals surface area contributed by atoms with Gasteiger partial charge in [-0.15, -0.1) is 0 Å². The highest BCUT2D eigenvalue weighted by Crippen LogP contribution is 2.33. The first kappa shape index (κ1) is 34.5. The Hall–Kier alpha value is -4.41. The zero-order valence-electron chi connectivity index (χ0n) is 25.7. The van der Waals surface area contributed by atoms with Crippen molar-refractivity contribution in [2.75, 3.05) is 24.0 Å². The fourth-order valence-corrected chi connectivity index (χ4v) is 6.47. The maximum absolute atomic E-state index is 15.0. The Balaban J connectivity index is 1.84. The first-order chi connectivity index (χ1) is 22.1. The van der Waals surface area contributed by atoms with Crippen molar-refractivity contribution < 1.29 is 27.1 Å². The molecule has 0 aliphatic carbocycles. The van der Waals surface area contributed by atoms with Crippen molar-refractivity contribution in [1.29, 1.82) is 0 Å². The highest BCUT2D eigenvalue weighted by molar-refractivity contribution is 7.92. The van der Waals surface area contributed by atoms with Crippen LogP contribution in [0.2, 0.25) is 5.02 Å². The Bertz CT molecular complexity index is 1720. The standard InChI is InChI=1S/C35H37ClFN3O5S/c1-3-22-38-35(42)32(23-26-12-6-5-7-13-26)39(24-27-14-8-9-15-30(27)37)34(41)25-40(31-16-10-11-17-33(31)45-4-2)46(43,44)29-20-18-28(36)19-21-29/h5-21,32H,3-4,22-25H2,1-2H3,(H,38,42)/t32-/m0/s1. The third-order valence-electron chi connectivity index (χ3n) is 7.23. The number of para-hydroxylation sites is 2. The van der Waals surface area contributed by atoms with Gasteiger partial charge in [0, 0.05) is 30.1 Å². The van der Waals surface area contributed by atoms with Crippen LogP contribution in [-0.4, -0.2) is 50.9 Å². The molecular formula is C35H37ClFN3O5S. The van der Waals surface area contributed by atoms with E-state index in [0.29, 0.717) is 18.0 Å². The molecule has 0 radical (unpaired) electrons. The van der Waals surface area contributed by atoms with Crippen LogP contribution in [0.3, 0.4) is 0 Å². The molecule has 0 aliphatic rings. The van der Waals surface area contributed by atoms with Gasteiger partial charge in [-0.2, -0.15) is 0 Å². The number of anilines is 1. The number of hydrogen-bond acceptors (Lipinski definition) is 5. The van der Waals surface area contributed by atoms with E-state index >= 15 is 4.39 Å². The van der Waals surface area contributed by atoms with Crippen molar-refractivity contribution >= 4 is 39.1 Å². The summed E-state index contributed by atoms with van der Waals surface area (Å²) in [5.41, 5.74) is 1.09. The average Bonchev–Trinajstić information content (AvgIpc) is 3.06. The van der Waals surface area contributed by atoms with Gasteiger partial charge in [0.15, 0.2) is 0 Å². The minimum absolute atomic E-state index is 0.0989. The lowest BCUT2D eigenvalue weighted by molar-refractivity contribution is -0.140. The Morgan fingerprint density at radius 2 is 1.54 bits per heavy atom. The summed E-state index contributed by atoms with van der Waals surface area (Å²) < 4.78 is 50.2. The summed E-state index contributed by atoms with van der Waals surface area (Å²) in [7, 11) is -4.37. The maximum Gasteiger partial charge on any atom is 0.264 e. The van der Waals surface area contributed by atoms with Gasteiger partial charge in [-0.3, -0.25) is 13.9 Å². The van der Waals surface area contributed by atoms with Crippen molar-refractivity contribution in [3.8, 4) is 5.75 Å². The van der Waals surface area contributed by atoms with Gasteiger partial charge < -0.3 is 15.0 Å². The van der Waals surface area contributed by atoms with E-state index in [-0.39, 0.29) is 41.5 Å². The second-order valence-electron chi connectivity index (χ2n) is 10.5. The van der Waals surface area contributed by atoms with Gasteiger partial charge in [0.1, 0.15) is 24.2 Å². The molecule has 1 N–H and O–H groups in total. The SMILES string of the molecule is CCCNC(=O)[C@H](Cc1ccccc1)N(Cc1ccccc1F)C(=O)CN(c1ccccc1OCC)S(=O)(=O)c1ccc(Cl)cc1. The van der Waals surface area contributed by atoms with Crippen LogP contribution in [-0.2, 0) is 32.6 Å². The predicted molar refractivity (Wildman–Crippen MR) is 178 cm³/mol. The molecule has 4 aromatic carbocycles. The van der Waals surface area contributed by atoms with Crippen LogP contribution < -0.4 is 14.4 Å². The second kappa shape index (κ2) is 16.2. The monoisotopic (exact) mass is 665 g/mol. The molecule has 46 heavy (non-hydrogen) atoms. The van der Waals surface area contributed by atoms with Gasteiger partial charge in [-0.25, -0.2) is 12.8 Å². The van der Waals surface area contributed by atoms with Crippen LogP contribution in [0.1, 0.15) is 31.4 Å². The number of rotatable bonds is 15. The van der Waals surface area contributed by atoms with E-state index in [1.165, 1.54) is 47.4 Å². The molecule has 1 atom stereocenters. The lowest BCUT2D eigenvalue weighted by Crippen LogP contribution is -2.53. The smallest absolute Gasteiger partial charge is 0.264 e. The molecule has 0 aromatic heterocycles. The Morgan fingerprint density at radius 3 is 2.22 bits per heavy atom. The number of nitrogens with zero attached hydrogens (tertiary/aromatic N) is 2. The van der Waals surface area contributed by atoms with E-state index in [0.717, 1.165) is 9.87 Å². The van der Waals surface area contributed by atoms with Crippen molar-refractivity contribution in [3.63, 3.8) is 0 Å². The molecule has 0 bridgehead atoms. The van der Waals surface area contributed by atoms with Crippen molar-refractivity contribution in [1.82, 2.24) is 10.2 Å². The average molecular weight is 666 g/mol. The third-order valence-corrected chi connectivity index (χ3v) is 9.26. The predicted octanol–water partition coefficient (Wildman–Crippen LogP) is 6.24. The first-order valence-electron chi connectivity index (χ1n) is 15.0. The van der Waals surface area contributed by atoms with E-state index < -0.39 is 40.2 Å². The molecule has 4 rings (SSSR count). The van der Waals surface area contributed by atoms with Crippen LogP contribution in [0.5, 0.6) is 5.75 Å². The summed E-state index contributed by atoms with van der Waals surface area (Å²) >= 11 is 6.05. The summed E-state index contributed by atoms with van der Waals surface area (Å²) in [5.74, 6) is -1.45. The molecule has 8 nitrogen and oxygen atoms in total. The summed E-state index contributed by atoms with van der Waals surface area (Å²) in [4.78, 5) is 29.4. The largest absolute Gasteiger partial charge is 0.492 e. The van der Waals surface area contributed by atoms with Gasteiger partial charge in [0.05, 0.1) is 17.2 Å². The van der Waals surface area contributed by atoms with Crippen LogP contribution >= 0.6 is 11.6 Å². The molecule has 4 aromatic rings. The summed E-state index contributed by atoms with van der Waals surface area (Å²) in [6.45, 7) is 3.31. The Kier molecular flexibility index (Phi) is 12.2. The minimum atomic E-state index is -4.37. The van der Waals surface area contributed by atoms with E-state index in [9.17, 15) is 18.0 Å². The lowest BCUT2D eigenvalue weighted by Gasteiger charge is -2.34. The van der Waals surface area contributed by atoms with Crippen LogP contribution in [0, 0.1) is 5.82 Å². The summed E-state index contributed by atoms with van der Waals surface area (Å²) in [6.07, 6.45) is 0.780. The molecule has 0 unspecified atom stereocenters. The van der Waals surface area contributed by atoms with Gasteiger partial charge in [0.25, 0.3) is 10.0 Å². The quantitative estimate of drug-likeness (QED) is 0.162. The maximum atomic E-state index is 15.0. The third kappa shape index (κ3) is 8.64. The fourth-order valence-electron chi connectivity index (χ4n) is 4.92. The lowest BCUT2D eigenvalue weighted by atomic mass is 10.0. The van der Waals surface area contributed by atoms with Crippen molar-refractivity contribution in [2.24, 2.45) is 0 Å². The fraction of sp³-hybridized carbons (Fsp3) is 0.257. The number of halogens is 2. The molecular weight excluding hydrogens is 629 g/mol. The zero-order valence-corrected chi connectivity index (χ0v) is 27.3. The molecule has 0 heterocycles. The molecule has 0 spiro atoms. The number of benzene rings is 4. The van der Waals surface area contributed by atoms with E-state index in [4.69, 9.17) is 16.3 Å². The van der Waals surface area contributed by atoms with E-state index in [2.05, 4.69) is 5.32 Å². The highest BCUT2D eigenvalue weighted by Gasteiger charge is 2.35. The summed E-state index contributed by atoms with van der Waals surface area (Å²) in [5, 5.41) is 3.21. The number of nitrogens with one attached hydrogen (secondary N) is 1. The van der Waals surface area contributed by atoms with Gasteiger partial charge in [-0.1, -0.05) is 79.2 Å². The first-order valence-corrected chi connectivity index (χ1v) is 16.8. The molecule has 0 saturated carbocycles. The van der Waals surface area contributed by atoms with Crippen LogP contribution in [0.4, 0.5) is 10.1 Å². The van der Waals surface area contributed by atoms with Gasteiger partial charge in [0.2, 0.25) is 11.8 Å². The number of amides is 2. The highest BCUT2D eigenvalue weighted by atomic mass is 35.5. The second-order valence-corrected chi connectivity index (χ2v) is 12.8. The van der Waals surface area contributed by atoms with Crippen molar-refractivity contribution in [2.45, 2.75) is 44.2 Å². The topological polar surface area (TPSA) is 96.0 Å². The summed E-state index contributed by atoms with van der Waals surface area (Å²) in [6, 6.07) is 26.1. The minimum Gasteiger partial charge on any atom is -0.492 e. The van der Waals surface area contributed by atoms with E-state index in [1.807, 2.05) is 37.3 Å². The van der Waals surface area contributed by atoms with Crippen LogP contribution in [0.25, 0.3) is 0 Å². The number of ether oxygens (including phenoxy) is 1. The van der Waals surface area contributed by atoms with Gasteiger partial charge in [-0.05, 0) is 61.4 Å². The zero-order chi connectivity index (χ0) is 33.1. The van der Waals surface area contributed by atoms with Gasteiger partial charge >= 0.3 is 0 Å². The number of carbonyl (C=O) groups excluding carboxylic acids is 2. The molecule has 2 amide bonds. The Morgan fingerprint density at radius 1 is 0.891 bits per heavy atom. The number of hydrogen-bond donors (Lipinski definition) is 1. The number of sulfonamides is 1. The normalized spacial score (nSPS) is 11.8. The van der Waals surface area contributed by atoms with Crippen LogP contribution in [0.15, 0.2) is 108 Å². The molecule has 0 saturated heterocycles. The molecule has 0 aliphatic heterocycles. The number of carbonyl (C=O) groups is 2. The molecule has 242 valence electrons. The molecule has 11 heteroatoms. The van der Waals surface area contributed by atoms with Crippen molar-refractivity contribution in [3.05, 3.63) is 125 Å². The van der Waals surface area contributed by atoms with E-state index in [1.54, 1.807) is 37.3 Å². The Labute approximate surface area is 274 Å².